The lowest BCUT2D eigenvalue weighted by atomic mass is 9.70. The lowest BCUT2D eigenvalue weighted by molar-refractivity contribution is 0.669. The molecular formula is C59H37NO. The molecule has 1 aromatic heterocycles. The third-order valence-electron chi connectivity index (χ3n) is 13.3. The fraction of sp³-hybridized carbons (Fsp3) is 0.0169. The van der Waals surface area contributed by atoms with Crippen molar-refractivity contribution in [2.45, 2.75) is 5.41 Å². The first-order valence-electron chi connectivity index (χ1n) is 21.1. The molecule has 0 saturated heterocycles. The van der Waals surface area contributed by atoms with Crippen molar-refractivity contribution < 1.29 is 4.42 Å². The first-order valence-corrected chi connectivity index (χ1v) is 21.1. The number of furan rings is 1. The Hall–Kier alpha value is -7.94. The number of anilines is 3. The molecule has 2 aliphatic carbocycles. The van der Waals surface area contributed by atoms with E-state index < -0.39 is 5.41 Å². The van der Waals surface area contributed by atoms with E-state index in [2.05, 4.69) is 229 Å². The number of hydrogen-bond donors (Lipinski definition) is 0. The Morgan fingerprint density at radius 1 is 0.344 bits per heavy atom. The molecule has 13 rings (SSSR count). The number of fused-ring (bicyclic) bond motifs is 14. The van der Waals surface area contributed by atoms with Crippen LogP contribution in [0.1, 0.15) is 22.3 Å². The fourth-order valence-electron chi connectivity index (χ4n) is 10.8. The average Bonchev–Trinajstić information content (AvgIpc) is 3.96. The van der Waals surface area contributed by atoms with E-state index in [1.165, 1.54) is 66.4 Å². The highest BCUT2D eigenvalue weighted by Crippen LogP contribution is 2.65. The Bertz CT molecular complexity index is 3490. The molecule has 10 aromatic carbocycles. The summed E-state index contributed by atoms with van der Waals surface area (Å²) >= 11 is 0. The number of rotatable bonds is 5. The molecule has 2 aliphatic rings. The minimum absolute atomic E-state index is 0.457. The molecule has 0 bridgehead atoms. The van der Waals surface area contributed by atoms with E-state index in [0.29, 0.717) is 0 Å². The number of nitrogens with zero attached hydrogens (tertiary/aromatic N) is 1. The van der Waals surface area contributed by atoms with Gasteiger partial charge in [0, 0.05) is 27.6 Å². The smallest absolute Gasteiger partial charge is 0.136 e. The lowest BCUT2D eigenvalue weighted by Crippen LogP contribution is -2.26. The van der Waals surface area contributed by atoms with Crippen molar-refractivity contribution in [3.63, 3.8) is 0 Å². The van der Waals surface area contributed by atoms with Crippen LogP contribution in [0.3, 0.4) is 0 Å². The van der Waals surface area contributed by atoms with Gasteiger partial charge in [-0.3, -0.25) is 0 Å². The maximum absolute atomic E-state index is 6.64. The van der Waals surface area contributed by atoms with E-state index >= 15 is 0 Å². The summed E-state index contributed by atoms with van der Waals surface area (Å²) in [5, 5.41) is 4.61. The second-order valence-electron chi connectivity index (χ2n) is 16.3. The highest BCUT2D eigenvalue weighted by molar-refractivity contribution is 6.17. The highest BCUT2D eigenvalue weighted by Gasteiger charge is 2.52. The second kappa shape index (κ2) is 13.0. The Labute approximate surface area is 354 Å². The largest absolute Gasteiger partial charge is 0.456 e. The van der Waals surface area contributed by atoms with E-state index in [1.54, 1.807) is 0 Å². The molecule has 2 nitrogen and oxygen atoms in total. The molecule has 1 spiro atoms. The summed E-state index contributed by atoms with van der Waals surface area (Å²) in [5.41, 5.74) is 19.7. The number of benzene rings is 10. The molecule has 11 aromatic rings. The van der Waals surface area contributed by atoms with Gasteiger partial charge in [-0.2, -0.15) is 0 Å². The predicted molar refractivity (Wildman–Crippen MR) is 253 cm³/mol. The van der Waals surface area contributed by atoms with E-state index in [1.807, 2.05) is 0 Å². The summed E-state index contributed by atoms with van der Waals surface area (Å²) in [7, 11) is 0. The molecule has 0 fully saturated rings. The van der Waals surface area contributed by atoms with Gasteiger partial charge in [-0.05, 0) is 109 Å². The molecule has 1 heterocycles. The van der Waals surface area contributed by atoms with E-state index in [4.69, 9.17) is 4.42 Å². The summed E-state index contributed by atoms with van der Waals surface area (Å²) in [4.78, 5) is 2.50. The first-order chi connectivity index (χ1) is 30.3. The van der Waals surface area contributed by atoms with Crippen LogP contribution in [0.25, 0.3) is 77.2 Å². The van der Waals surface area contributed by atoms with Gasteiger partial charge in [-0.25, -0.2) is 0 Å². The van der Waals surface area contributed by atoms with Gasteiger partial charge in [0.2, 0.25) is 0 Å². The van der Waals surface area contributed by atoms with Crippen LogP contribution in [0.2, 0.25) is 0 Å². The second-order valence-corrected chi connectivity index (χ2v) is 16.3. The number of para-hydroxylation sites is 1. The summed E-state index contributed by atoms with van der Waals surface area (Å²) in [6, 6.07) is 82.3. The average molecular weight is 776 g/mol. The van der Waals surface area contributed by atoms with Crippen molar-refractivity contribution in [1.82, 2.24) is 0 Å². The van der Waals surface area contributed by atoms with E-state index in [0.717, 1.165) is 50.1 Å². The summed E-state index contributed by atoms with van der Waals surface area (Å²) in [6.07, 6.45) is 0. The third kappa shape index (κ3) is 4.79. The Kier molecular flexibility index (Phi) is 7.26. The van der Waals surface area contributed by atoms with Crippen molar-refractivity contribution in [2.24, 2.45) is 0 Å². The van der Waals surface area contributed by atoms with Gasteiger partial charge in [0.1, 0.15) is 11.2 Å². The predicted octanol–water partition coefficient (Wildman–Crippen LogP) is 15.9. The molecular weight excluding hydrogens is 739 g/mol. The molecule has 284 valence electrons. The van der Waals surface area contributed by atoms with E-state index in [-0.39, 0.29) is 0 Å². The SMILES string of the molecule is c1ccc(-c2ccc(N(c3ccccc3-c3cccc4oc5cc6ccccc6cc5c34)c3cccc4c3-c3ccccc3C43c4ccccc4-c4ccccc43)cc2)cc1. The molecule has 0 unspecified atom stereocenters. The standard InChI is InChI=1S/C59H37NO/c1-2-16-38(17-3-1)39-32-34-42(35-33-39)60(53-29-13-9-22-45(53)46-24-14-31-55-57(46)48-36-40-18-4-5-19-41(40)37-56(48)61-55)54-30-15-28-52-58(54)47-23-8-12-27-51(47)59(52)49-25-10-6-20-43(49)44-21-7-11-26-50(44)59/h1-37H. The zero-order valence-electron chi connectivity index (χ0n) is 33.2. The first kappa shape index (κ1) is 34.0. The van der Waals surface area contributed by atoms with Crippen LogP contribution in [0.15, 0.2) is 229 Å². The molecule has 0 aliphatic heterocycles. The van der Waals surface area contributed by atoms with Crippen LogP contribution in [-0.2, 0) is 5.41 Å². The van der Waals surface area contributed by atoms with Crippen LogP contribution >= 0.6 is 0 Å². The summed E-state index contributed by atoms with van der Waals surface area (Å²) in [6.45, 7) is 0. The van der Waals surface area contributed by atoms with Gasteiger partial charge in [-0.1, -0.05) is 182 Å². The molecule has 0 atom stereocenters. The Morgan fingerprint density at radius 3 is 1.61 bits per heavy atom. The highest BCUT2D eigenvalue weighted by atomic mass is 16.3. The molecule has 2 heteroatoms. The van der Waals surface area contributed by atoms with Crippen LogP contribution in [-0.4, -0.2) is 0 Å². The molecule has 0 saturated carbocycles. The van der Waals surface area contributed by atoms with Gasteiger partial charge in [0.05, 0.1) is 16.8 Å². The van der Waals surface area contributed by atoms with E-state index in [9.17, 15) is 0 Å². The van der Waals surface area contributed by atoms with Crippen molar-refractivity contribution in [1.29, 1.82) is 0 Å². The van der Waals surface area contributed by atoms with Gasteiger partial charge in [0.25, 0.3) is 0 Å². The zero-order valence-corrected chi connectivity index (χ0v) is 33.2. The van der Waals surface area contributed by atoms with Crippen molar-refractivity contribution in [3.05, 3.63) is 247 Å². The van der Waals surface area contributed by atoms with Crippen LogP contribution in [0.4, 0.5) is 17.1 Å². The van der Waals surface area contributed by atoms with Gasteiger partial charge in [-0.15, -0.1) is 0 Å². The minimum atomic E-state index is -0.457. The summed E-state index contributed by atoms with van der Waals surface area (Å²) in [5.74, 6) is 0. The van der Waals surface area contributed by atoms with Crippen molar-refractivity contribution >= 4 is 49.8 Å². The lowest BCUT2D eigenvalue weighted by Gasteiger charge is -2.32. The minimum Gasteiger partial charge on any atom is -0.456 e. The molecule has 61 heavy (non-hydrogen) atoms. The number of hydrogen-bond acceptors (Lipinski definition) is 2. The van der Waals surface area contributed by atoms with Crippen LogP contribution < -0.4 is 4.90 Å². The molecule has 0 N–H and O–H groups in total. The molecule has 0 amide bonds. The Balaban J connectivity index is 1.10. The molecule has 0 radical (unpaired) electrons. The van der Waals surface area contributed by atoms with Crippen molar-refractivity contribution in [3.8, 4) is 44.5 Å². The van der Waals surface area contributed by atoms with Gasteiger partial charge < -0.3 is 9.32 Å². The van der Waals surface area contributed by atoms with Crippen LogP contribution in [0, 0.1) is 0 Å². The third-order valence-corrected chi connectivity index (χ3v) is 13.3. The Morgan fingerprint density at radius 2 is 0.869 bits per heavy atom. The maximum atomic E-state index is 6.64. The van der Waals surface area contributed by atoms with Crippen molar-refractivity contribution in [2.75, 3.05) is 4.90 Å². The quantitative estimate of drug-likeness (QED) is 0.173. The topological polar surface area (TPSA) is 16.4 Å². The zero-order chi connectivity index (χ0) is 40.1. The summed E-state index contributed by atoms with van der Waals surface area (Å²) < 4.78 is 6.64. The monoisotopic (exact) mass is 775 g/mol. The fourth-order valence-corrected chi connectivity index (χ4v) is 10.8. The normalized spacial score (nSPS) is 13.0. The van der Waals surface area contributed by atoms with Crippen LogP contribution in [0.5, 0.6) is 0 Å². The maximum Gasteiger partial charge on any atom is 0.136 e. The van der Waals surface area contributed by atoms with Gasteiger partial charge in [0.15, 0.2) is 0 Å². The van der Waals surface area contributed by atoms with Gasteiger partial charge >= 0.3 is 0 Å².